The summed E-state index contributed by atoms with van der Waals surface area (Å²) in [5.74, 6) is -0.280. The van der Waals surface area contributed by atoms with Crippen molar-refractivity contribution in [3.05, 3.63) is 81.0 Å². The molecule has 0 unspecified atom stereocenters. The summed E-state index contributed by atoms with van der Waals surface area (Å²) >= 11 is 0. The Bertz CT molecular complexity index is 1170. The molecule has 7 heteroatoms. The molecule has 0 saturated carbocycles. The van der Waals surface area contributed by atoms with E-state index in [0.717, 1.165) is 16.7 Å². The van der Waals surface area contributed by atoms with Crippen LogP contribution in [-0.2, 0) is 4.79 Å². The van der Waals surface area contributed by atoms with Crippen LogP contribution in [0.1, 0.15) is 51.0 Å². The third-order valence-electron chi connectivity index (χ3n) is 6.00. The largest absolute Gasteiger partial charge is 0.394 e. The highest BCUT2D eigenvalue weighted by Crippen LogP contribution is 2.30. The number of aryl methyl sites for hydroxylation is 2. The molecule has 7 nitrogen and oxygen atoms in total. The van der Waals surface area contributed by atoms with Gasteiger partial charge in [0, 0.05) is 42.8 Å². The van der Waals surface area contributed by atoms with Gasteiger partial charge in [-0.2, -0.15) is 5.26 Å². The molecule has 0 atom stereocenters. The standard InChI is InChI=1S/C25H27N5O2/c1-14-9-15(2)21(10-20(14)22(27)16(3)23(28)24(31)29-4)25(32)30-12-19(13-30)18-7-5-17(11-26)6-8-18/h5-10,19,27H,12-13,28H2,1-4H3,(H,29,31). The Morgan fingerprint density at radius 3 is 2.28 bits per heavy atom. The second-order valence-corrected chi connectivity index (χ2v) is 8.12. The first kappa shape index (κ1) is 22.8. The van der Waals surface area contributed by atoms with Gasteiger partial charge in [-0.1, -0.05) is 18.2 Å². The molecule has 0 radical (unpaired) electrons. The Hall–Kier alpha value is -3.92. The molecule has 164 valence electrons. The number of nitriles is 1. The van der Waals surface area contributed by atoms with Crippen molar-refractivity contribution < 1.29 is 9.59 Å². The number of likely N-dealkylation sites (N-methyl/N-ethyl adjacent to an activating group) is 1. The highest BCUT2D eigenvalue weighted by Gasteiger charge is 2.33. The first-order chi connectivity index (χ1) is 15.2. The summed E-state index contributed by atoms with van der Waals surface area (Å²) in [5.41, 5.74) is 10.9. The fourth-order valence-electron chi connectivity index (χ4n) is 3.85. The number of rotatable bonds is 5. The van der Waals surface area contributed by atoms with Crippen molar-refractivity contribution in [3.8, 4) is 6.07 Å². The van der Waals surface area contributed by atoms with Crippen LogP contribution in [0.3, 0.4) is 0 Å². The maximum Gasteiger partial charge on any atom is 0.267 e. The zero-order valence-electron chi connectivity index (χ0n) is 18.7. The molecule has 0 bridgehead atoms. The fraction of sp³-hybridized carbons (Fsp3) is 0.280. The molecule has 0 aliphatic carbocycles. The minimum atomic E-state index is -0.442. The minimum absolute atomic E-state index is 0.0154. The summed E-state index contributed by atoms with van der Waals surface area (Å²) in [7, 11) is 1.48. The summed E-state index contributed by atoms with van der Waals surface area (Å²) in [4.78, 5) is 26.8. The van der Waals surface area contributed by atoms with E-state index in [2.05, 4.69) is 11.4 Å². The van der Waals surface area contributed by atoms with Crippen LogP contribution in [0, 0.1) is 30.6 Å². The monoisotopic (exact) mass is 429 g/mol. The zero-order chi connectivity index (χ0) is 23.6. The van der Waals surface area contributed by atoms with Crippen LogP contribution < -0.4 is 11.1 Å². The lowest BCUT2D eigenvalue weighted by atomic mass is 9.88. The minimum Gasteiger partial charge on any atom is -0.394 e. The van der Waals surface area contributed by atoms with Crippen LogP contribution in [0.5, 0.6) is 0 Å². The molecule has 1 heterocycles. The van der Waals surface area contributed by atoms with E-state index in [9.17, 15) is 9.59 Å². The van der Waals surface area contributed by atoms with Crippen molar-refractivity contribution in [2.45, 2.75) is 26.7 Å². The summed E-state index contributed by atoms with van der Waals surface area (Å²) < 4.78 is 0. The van der Waals surface area contributed by atoms with Crippen LogP contribution in [0.2, 0.25) is 0 Å². The number of carbonyl (C=O) groups is 2. The number of amides is 2. The van der Waals surface area contributed by atoms with Crippen molar-refractivity contribution in [2.24, 2.45) is 5.73 Å². The summed E-state index contributed by atoms with van der Waals surface area (Å²) in [6.45, 7) is 6.60. The molecule has 1 fully saturated rings. The molecule has 3 rings (SSSR count). The topological polar surface area (TPSA) is 123 Å². The van der Waals surface area contributed by atoms with Gasteiger partial charge in [0.2, 0.25) is 0 Å². The smallest absolute Gasteiger partial charge is 0.267 e. The molecule has 2 aromatic carbocycles. The van der Waals surface area contributed by atoms with E-state index in [1.165, 1.54) is 7.05 Å². The lowest BCUT2D eigenvalue weighted by molar-refractivity contribution is -0.117. The molecular formula is C25H27N5O2. The van der Waals surface area contributed by atoms with Gasteiger partial charge in [-0.3, -0.25) is 15.0 Å². The second-order valence-electron chi connectivity index (χ2n) is 8.12. The normalized spacial score (nSPS) is 14.2. The Kier molecular flexibility index (Phi) is 6.45. The van der Waals surface area contributed by atoms with Crippen LogP contribution in [0.15, 0.2) is 47.7 Å². The van der Waals surface area contributed by atoms with Gasteiger partial charge in [0.25, 0.3) is 11.8 Å². The summed E-state index contributed by atoms with van der Waals surface area (Å²) in [5, 5.41) is 20.0. The zero-order valence-corrected chi connectivity index (χ0v) is 18.7. The maximum absolute atomic E-state index is 13.2. The Balaban J connectivity index is 1.81. The van der Waals surface area contributed by atoms with Crippen LogP contribution >= 0.6 is 0 Å². The number of hydrogen-bond donors (Lipinski definition) is 3. The quantitative estimate of drug-likeness (QED) is 0.499. The molecule has 1 aliphatic rings. The second kappa shape index (κ2) is 9.06. The van der Waals surface area contributed by atoms with Gasteiger partial charge in [-0.05, 0) is 55.7 Å². The highest BCUT2D eigenvalue weighted by atomic mass is 16.2. The van der Waals surface area contributed by atoms with E-state index >= 15 is 0 Å². The predicted octanol–water partition coefficient (Wildman–Crippen LogP) is 2.76. The molecule has 2 aromatic rings. The molecule has 1 saturated heterocycles. The Labute approximate surface area is 188 Å². The third kappa shape index (κ3) is 4.26. The number of allylic oxidation sites excluding steroid dienone is 1. The van der Waals surface area contributed by atoms with Gasteiger partial charge >= 0.3 is 0 Å². The summed E-state index contributed by atoms with van der Waals surface area (Å²) in [6, 6.07) is 13.2. The van der Waals surface area contributed by atoms with Gasteiger partial charge in [0.05, 0.1) is 17.3 Å². The number of nitrogens with zero attached hydrogens (tertiary/aromatic N) is 2. The molecular weight excluding hydrogens is 402 g/mol. The van der Waals surface area contributed by atoms with E-state index in [0.29, 0.717) is 35.4 Å². The van der Waals surface area contributed by atoms with Crippen LogP contribution in [-0.4, -0.2) is 42.6 Å². The van der Waals surface area contributed by atoms with Crippen molar-refractivity contribution in [2.75, 3.05) is 20.1 Å². The number of hydrogen-bond acceptors (Lipinski definition) is 5. The number of nitrogens with two attached hydrogens (primary N) is 1. The van der Waals surface area contributed by atoms with Crippen molar-refractivity contribution in [1.82, 2.24) is 10.2 Å². The average Bonchev–Trinajstić information content (AvgIpc) is 2.76. The van der Waals surface area contributed by atoms with Gasteiger partial charge in [-0.15, -0.1) is 0 Å². The summed E-state index contributed by atoms with van der Waals surface area (Å²) in [6.07, 6.45) is 0. The van der Waals surface area contributed by atoms with Crippen LogP contribution in [0.4, 0.5) is 0 Å². The van der Waals surface area contributed by atoms with Crippen molar-refractivity contribution >= 4 is 17.5 Å². The molecule has 4 N–H and O–H groups in total. The van der Waals surface area contributed by atoms with Crippen LogP contribution in [0.25, 0.3) is 0 Å². The number of benzene rings is 2. The van der Waals surface area contributed by atoms with E-state index in [1.807, 2.05) is 32.0 Å². The number of nitrogens with one attached hydrogen (secondary N) is 2. The lowest BCUT2D eigenvalue weighted by Crippen LogP contribution is -2.48. The molecule has 1 aliphatic heterocycles. The lowest BCUT2D eigenvalue weighted by Gasteiger charge is -2.40. The van der Waals surface area contributed by atoms with Gasteiger partial charge in [0.15, 0.2) is 0 Å². The number of likely N-dealkylation sites (tertiary alicyclic amines) is 1. The molecule has 2 amide bonds. The first-order valence-corrected chi connectivity index (χ1v) is 10.4. The molecule has 32 heavy (non-hydrogen) atoms. The highest BCUT2D eigenvalue weighted by molar-refractivity contribution is 6.16. The van der Waals surface area contributed by atoms with E-state index in [1.54, 1.807) is 30.0 Å². The van der Waals surface area contributed by atoms with E-state index in [4.69, 9.17) is 16.4 Å². The van der Waals surface area contributed by atoms with Gasteiger partial charge in [-0.25, -0.2) is 0 Å². The maximum atomic E-state index is 13.2. The van der Waals surface area contributed by atoms with Gasteiger partial charge in [0.1, 0.15) is 5.70 Å². The third-order valence-corrected chi connectivity index (χ3v) is 6.00. The first-order valence-electron chi connectivity index (χ1n) is 10.4. The van der Waals surface area contributed by atoms with E-state index in [-0.39, 0.29) is 23.2 Å². The predicted molar refractivity (Wildman–Crippen MR) is 124 cm³/mol. The molecule has 0 spiro atoms. The van der Waals surface area contributed by atoms with Crippen molar-refractivity contribution in [3.63, 3.8) is 0 Å². The Morgan fingerprint density at radius 2 is 1.72 bits per heavy atom. The SMILES string of the molecule is CNC(=O)C(N)=C(C)C(=N)c1cc(C(=O)N2CC(c3ccc(C#N)cc3)C2)c(C)cc1C. The number of carbonyl (C=O) groups excluding carboxylic acids is 2. The average molecular weight is 430 g/mol. The Morgan fingerprint density at radius 1 is 1.12 bits per heavy atom. The van der Waals surface area contributed by atoms with Gasteiger partial charge < -0.3 is 16.0 Å². The van der Waals surface area contributed by atoms with Crippen molar-refractivity contribution in [1.29, 1.82) is 10.7 Å². The van der Waals surface area contributed by atoms with E-state index < -0.39 is 5.91 Å². The molecule has 0 aromatic heterocycles. The fourth-order valence-corrected chi connectivity index (χ4v) is 3.85.